The zero-order valence-electron chi connectivity index (χ0n) is 14.6. The summed E-state index contributed by atoms with van der Waals surface area (Å²) in [6.45, 7) is 0.481. The van der Waals surface area contributed by atoms with Crippen molar-refractivity contribution in [2.75, 3.05) is 0 Å². The van der Waals surface area contributed by atoms with E-state index < -0.39 is 7.12 Å². The van der Waals surface area contributed by atoms with E-state index in [1.165, 1.54) is 12.1 Å². The Morgan fingerprint density at radius 1 is 0.815 bits per heavy atom. The number of benzene rings is 3. The summed E-state index contributed by atoms with van der Waals surface area (Å²) in [6.07, 6.45) is 0.627. The quantitative estimate of drug-likeness (QED) is 0.475. The summed E-state index contributed by atoms with van der Waals surface area (Å²) in [6, 6.07) is 21.9. The Kier molecular flexibility index (Phi) is 6.25. The topological polar surface area (TPSA) is 76.0 Å². The van der Waals surface area contributed by atoms with Crippen LogP contribution in [0.4, 0.5) is 0 Å². The summed E-state index contributed by atoms with van der Waals surface area (Å²) in [5, 5.41) is 19.5. The molecule has 0 aliphatic carbocycles. The number of carbonyl (C=O) groups is 1. The summed E-state index contributed by atoms with van der Waals surface area (Å²) in [5.74, 6) is 0.484. The molecule has 5 nitrogen and oxygen atoms in total. The minimum Gasteiger partial charge on any atom is -0.485 e. The van der Waals surface area contributed by atoms with Crippen molar-refractivity contribution < 1.29 is 24.3 Å². The van der Waals surface area contributed by atoms with Gasteiger partial charge in [-0.05, 0) is 23.3 Å². The first-order chi connectivity index (χ1) is 13.2. The zero-order chi connectivity index (χ0) is 19.1. The Labute approximate surface area is 158 Å². The largest absolute Gasteiger partial charge is 0.492 e. The van der Waals surface area contributed by atoms with Gasteiger partial charge in [0.15, 0.2) is 11.5 Å². The lowest BCUT2D eigenvalue weighted by Gasteiger charge is -2.17. The predicted molar refractivity (Wildman–Crippen MR) is 103 cm³/mol. The number of ether oxygens (including phenoxy) is 2. The van der Waals surface area contributed by atoms with E-state index in [1.54, 1.807) is 0 Å². The predicted octanol–water partition coefficient (Wildman–Crippen LogP) is 2.34. The second kappa shape index (κ2) is 9.03. The molecule has 0 amide bonds. The van der Waals surface area contributed by atoms with Gasteiger partial charge in [-0.3, -0.25) is 4.79 Å². The molecular formula is C21H19BO5. The third-order valence-electron chi connectivity index (χ3n) is 3.98. The van der Waals surface area contributed by atoms with Gasteiger partial charge in [0.2, 0.25) is 0 Å². The van der Waals surface area contributed by atoms with Crippen molar-refractivity contribution in [2.45, 2.75) is 13.2 Å². The highest BCUT2D eigenvalue weighted by molar-refractivity contribution is 6.60. The molecule has 0 saturated heterocycles. The van der Waals surface area contributed by atoms with Crippen LogP contribution in [-0.2, 0) is 13.2 Å². The van der Waals surface area contributed by atoms with Gasteiger partial charge in [0, 0.05) is 11.0 Å². The van der Waals surface area contributed by atoms with Crippen molar-refractivity contribution >= 4 is 18.9 Å². The Morgan fingerprint density at radius 2 is 1.37 bits per heavy atom. The van der Waals surface area contributed by atoms with Gasteiger partial charge in [0.1, 0.15) is 19.5 Å². The van der Waals surface area contributed by atoms with Crippen LogP contribution in [0.2, 0.25) is 0 Å². The molecule has 27 heavy (non-hydrogen) atoms. The van der Waals surface area contributed by atoms with E-state index in [1.807, 2.05) is 60.7 Å². The summed E-state index contributed by atoms with van der Waals surface area (Å²) in [5.41, 5.74) is 2.21. The number of hydrogen-bond donors (Lipinski definition) is 2. The Bertz CT molecular complexity index is 882. The molecule has 3 rings (SSSR count). The molecule has 0 bridgehead atoms. The summed E-state index contributed by atoms with van der Waals surface area (Å²) < 4.78 is 11.7. The average Bonchev–Trinajstić information content (AvgIpc) is 2.72. The summed E-state index contributed by atoms with van der Waals surface area (Å²) in [7, 11) is -1.80. The number of hydrogen-bond acceptors (Lipinski definition) is 5. The van der Waals surface area contributed by atoms with Crippen LogP contribution in [0, 0.1) is 0 Å². The van der Waals surface area contributed by atoms with E-state index in [-0.39, 0.29) is 35.7 Å². The molecule has 0 atom stereocenters. The number of rotatable bonds is 8. The monoisotopic (exact) mass is 362 g/mol. The van der Waals surface area contributed by atoms with Crippen LogP contribution >= 0.6 is 0 Å². The van der Waals surface area contributed by atoms with E-state index in [2.05, 4.69) is 0 Å². The summed E-state index contributed by atoms with van der Waals surface area (Å²) >= 11 is 0. The maximum absolute atomic E-state index is 11.2. The van der Waals surface area contributed by atoms with Gasteiger partial charge in [0.05, 0.1) is 0 Å². The molecule has 2 N–H and O–H groups in total. The Morgan fingerprint density at radius 3 is 1.89 bits per heavy atom. The van der Waals surface area contributed by atoms with Crippen LogP contribution < -0.4 is 14.9 Å². The van der Waals surface area contributed by atoms with Gasteiger partial charge >= 0.3 is 7.12 Å². The highest BCUT2D eigenvalue weighted by Crippen LogP contribution is 2.28. The van der Waals surface area contributed by atoms with Gasteiger partial charge < -0.3 is 19.5 Å². The molecule has 0 spiro atoms. The van der Waals surface area contributed by atoms with Crippen LogP contribution in [0.15, 0.2) is 72.8 Å². The minimum atomic E-state index is -1.80. The normalized spacial score (nSPS) is 10.3. The van der Waals surface area contributed by atoms with Crippen molar-refractivity contribution in [1.29, 1.82) is 0 Å². The van der Waals surface area contributed by atoms with E-state index in [9.17, 15) is 14.8 Å². The Balaban J connectivity index is 1.90. The first-order valence-corrected chi connectivity index (χ1v) is 8.50. The van der Waals surface area contributed by atoms with Gasteiger partial charge in [-0.25, -0.2) is 0 Å². The molecule has 3 aromatic carbocycles. The average molecular weight is 362 g/mol. The Hall–Kier alpha value is -3.09. The molecule has 0 radical (unpaired) electrons. The van der Waals surface area contributed by atoms with Crippen molar-refractivity contribution in [3.8, 4) is 11.5 Å². The first kappa shape index (κ1) is 18.7. The molecule has 6 heteroatoms. The molecular weight excluding hydrogens is 343 g/mol. The van der Waals surface area contributed by atoms with Crippen molar-refractivity contribution in [2.24, 2.45) is 0 Å². The third kappa shape index (κ3) is 4.97. The van der Waals surface area contributed by atoms with Crippen molar-refractivity contribution in [3.63, 3.8) is 0 Å². The molecule has 0 aliphatic heterocycles. The SMILES string of the molecule is O=Cc1cc(OCc2ccccc2)c(OCc2ccccc2)c(B(O)O)c1. The molecule has 0 aliphatic rings. The van der Waals surface area contributed by atoms with E-state index in [4.69, 9.17) is 9.47 Å². The van der Waals surface area contributed by atoms with Crippen LogP contribution in [0.5, 0.6) is 11.5 Å². The molecule has 0 heterocycles. The lowest BCUT2D eigenvalue weighted by atomic mass is 9.78. The minimum absolute atomic E-state index is 0.0820. The van der Waals surface area contributed by atoms with Crippen molar-refractivity contribution in [1.82, 2.24) is 0 Å². The third-order valence-corrected chi connectivity index (χ3v) is 3.98. The van der Waals surface area contributed by atoms with Crippen LogP contribution in [0.3, 0.4) is 0 Å². The van der Waals surface area contributed by atoms with E-state index in [0.29, 0.717) is 6.29 Å². The molecule has 0 saturated carbocycles. The zero-order valence-corrected chi connectivity index (χ0v) is 14.6. The fourth-order valence-electron chi connectivity index (χ4n) is 2.63. The van der Waals surface area contributed by atoms with Crippen LogP contribution in [0.1, 0.15) is 21.5 Å². The van der Waals surface area contributed by atoms with Crippen LogP contribution in [0.25, 0.3) is 0 Å². The van der Waals surface area contributed by atoms with Gasteiger partial charge in [-0.15, -0.1) is 0 Å². The fraction of sp³-hybridized carbons (Fsp3) is 0.0952. The summed E-state index contributed by atoms with van der Waals surface area (Å²) in [4.78, 5) is 11.2. The maximum atomic E-state index is 11.2. The molecule has 0 aromatic heterocycles. The van der Waals surface area contributed by atoms with Gasteiger partial charge in [0.25, 0.3) is 0 Å². The lowest BCUT2D eigenvalue weighted by Crippen LogP contribution is -2.32. The van der Waals surface area contributed by atoms with E-state index >= 15 is 0 Å². The van der Waals surface area contributed by atoms with Gasteiger partial charge in [-0.1, -0.05) is 60.7 Å². The second-order valence-electron chi connectivity index (χ2n) is 5.98. The fourth-order valence-corrected chi connectivity index (χ4v) is 2.63. The number of carbonyl (C=O) groups excluding carboxylic acids is 1. The highest BCUT2D eigenvalue weighted by Gasteiger charge is 2.23. The number of aldehydes is 1. The lowest BCUT2D eigenvalue weighted by molar-refractivity contribution is 0.112. The molecule has 0 fully saturated rings. The maximum Gasteiger partial charge on any atom is 0.492 e. The molecule has 0 unspecified atom stereocenters. The smallest absolute Gasteiger partial charge is 0.485 e. The highest BCUT2D eigenvalue weighted by atomic mass is 16.5. The molecule has 136 valence electrons. The van der Waals surface area contributed by atoms with E-state index in [0.717, 1.165) is 11.1 Å². The standard InChI is InChI=1S/C21H19BO5/c23-13-18-11-19(22(24)25)21(27-15-17-9-5-2-6-10-17)20(12-18)26-14-16-7-3-1-4-8-16/h1-13,24-25H,14-15H2. The van der Waals surface area contributed by atoms with Crippen molar-refractivity contribution in [3.05, 3.63) is 89.5 Å². The van der Waals surface area contributed by atoms with Crippen LogP contribution in [-0.4, -0.2) is 23.5 Å². The first-order valence-electron chi connectivity index (χ1n) is 8.50. The molecule has 3 aromatic rings. The second-order valence-corrected chi connectivity index (χ2v) is 5.98. The van der Waals surface area contributed by atoms with Gasteiger partial charge in [-0.2, -0.15) is 0 Å².